The molecule has 0 radical (unpaired) electrons. The van der Waals surface area contributed by atoms with Crippen LogP contribution < -0.4 is 21.7 Å². The second-order valence-electron chi connectivity index (χ2n) is 9.56. The van der Waals surface area contributed by atoms with Gasteiger partial charge in [0.25, 0.3) is 0 Å². The molecule has 1 atom stereocenters. The summed E-state index contributed by atoms with van der Waals surface area (Å²) in [6.45, 7) is 2.43. The molecule has 0 bridgehead atoms. The molecule has 7 nitrogen and oxygen atoms in total. The number of hydrogen-bond donors (Lipinski definition) is 5. The second-order valence-corrected chi connectivity index (χ2v) is 9.56. The Morgan fingerprint density at radius 2 is 1.44 bits per heavy atom. The first-order valence-electron chi connectivity index (χ1n) is 12.9. The average molecular weight is 518 g/mol. The molecule has 0 saturated carbocycles. The fourth-order valence-electron chi connectivity index (χ4n) is 4.54. The van der Waals surface area contributed by atoms with Crippen molar-refractivity contribution in [3.8, 4) is 11.1 Å². The SMILES string of the molecule is Cc1cc2cc(NC(=O)C(Cc3ccc(CN)cc3)NC(=O)Nc3ccc(-c4ccccc4)cc3)ccc2[nH]1. The van der Waals surface area contributed by atoms with Crippen LogP contribution in [0.3, 0.4) is 0 Å². The van der Waals surface area contributed by atoms with E-state index in [0.717, 1.165) is 38.9 Å². The first-order valence-corrected chi connectivity index (χ1v) is 12.9. The van der Waals surface area contributed by atoms with Crippen molar-refractivity contribution < 1.29 is 9.59 Å². The van der Waals surface area contributed by atoms with Gasteiger partial charge in [0.1, 0.15) is 6.04 Å². The molecule has 5 aromatic rings. The highest BCUT2D eigenvalue weighted by Crippen LogP contribution is 2.22. The lowest BCUT2D eigenvalue weighted by Crippen LogP contribution is -2.46. The Kier molecular flexibility index (Phi) is 7.70. The maximum Gasteiger partial charge on any atom is 0.319 e. The second kappa shape index (κ2) is 11.7. The van der Waals surface area contributed by atoms with Gasteiger partial charge in [0.2, 0.25) is 5.91 Å². The molecule has 39 heavy (non-hydrogen) atoms. The fraction of sp³-hybridized carbons (Fsp3) is 0.125. The summed E-state index contributed by atoms with van der Waals surface area (Å²) in [4.78, 5) is 29.6. The maximum absolute atomic E-state index is 13.4. The van der Waals surface area contributed by atoms with Crippen molar-refractivity contribution in [3.05, 3.63) is 120 Å². The molecule has 6 N–H and O–H groups in total. The lowest BCUT2D eigenvalue weighted by molar-refractivity contribution is -0.117. The number of benzene rings is 4. The van der Waals surface area contributed by atoms with E-state index in [2.05, 4.69) is 20.9 Å². The monoisotopic (exact) mass is 517 g/mol. The van der Waals surface area contributed by atoms with Gasteiger partial charge in [0.15, 0.2) is 0 Å². The van der Waals surface area contributed by atoms with E-state index in [-0.39, 0.29) is 5.91 Å². The Morgan fingerprint density at radius 3 is 2.15 bits per heavy atom. The van der Waals surface area contributed by atoms with Crippen LogP contribution in [0.4, 0.5) is 16.2 Å². The van der Waals surface area contributed by atoms with Gasteiger partial charge in [-0.25, -0.2) is 4.79 Å². The quantitative estimate of drug-likeness (QED) is 0.175. The lowest BCUT2D eigenvalue weighted by Gasteiger charge is -2.19. The highest BCUT2D eigenvalue weighted by molar-refractivity contribution is 6.00. The van der Waals surface area contributed by atoms with Crippen LogP contribution in [0.5, 0.6) is 0 Å². The number of carbonyl (C=O) groups is 2. The van der Waals surface area contributed by atoms with Crippen molar-refractivity contribution in [2.75, 3.05) is 10.6 Å². The van der Waals surface area contributed by atoms with E-state index in [1.165, 1.54) is 0 Å². The van der Waals surface area contributed by atoms with E-state index in [9.17, 15) is 9.59 Å². The largest absolute Gasteiger partial charge is 0.359 e. The molecular weight excluding hydrogens is 486 g/mol. The molecule has 1 aromatic heterocycles. The molecule has 3 amide bonds. The maximum atomic E-state index is 13.4. The third-order valence-corrected chi connectivity index (χ3v) is 6.59. The van der Waals surface area contributed by atoms with E-state index >= 15 is 0 Å². The number of anilines is 2. The van der Waals surface area contributed by atoms with Gasteiger partial charge in [-0.2, -0.15) is 0 Å². The van der Waals surface area contributed by atoms with Gasteiger partial charge in [-0.1, -0.05) is 66.7 Å². The summed E-state index contributed by atoms with van der Waals surface area (Å²) in [7, 11) is 0. The minimum absolute atomic E-state index is 0.306. The first-order chi connectivity index (χ1) is 19.0. The van der Waals surface area contributed by atoms with Gasteiger partial charge >= 0.3 is 6.03 Å². The molecule has 196 valence electrons. The van der Waals surface area contributed by atoms with E-state index in [4.69, 9.17) is 5.73 Å². The molecule has 1 unspecified atom stereocenters. The number of carbonyl (C=O) groups excluding carboxylic acids is 2. The van der Waals surface area contributed by atoms with E-state index in [1.54, 1.807) is 0 Å². The molecule has 0 spiro atoms. The normalized spacial score (nSPS) is 11.6. The van der Waals surface area contributed by atoms with Crippen LogP contribution in [0, 0.1) is 6.92 Å². The molecule has 4 aromatic carbocycles. The van der Waals surface area contributed by atoms with Crippen LogP contribution in [-0.2, 0) is 17.8 Å². The summed E-state index contributed by atoms with van der Waals surface area (Å²) >= 11 is 0. The predicted octanol–water partition coefficient (Wildman–Crippen LogP) is 5.97. The summed E-state index contributed by atoms with van der Waals surface area (Å²) in [6, 6.07) is 31.8. The number of nitrogens with two attached hydrogens (primary N) is 1. The van der Waals surface area contributed by atoms with Crippen molar-refractivity contribution in [1.29, 1.82) is 0 Å². The number of nitrogens with one attached hydrogen (secondary N) is 4. The minimum atomic E-state index is -0.805. The number of aromatic nitrogens is 1. The van der Waals surface area contributed by atoms with Gasteiger partial charge in [-0.05, 0) is 65.6 Å². The Hall–Kier alpha value is -4.88. The van der Waals surface area contributed by atoms with Crippen LogP contribution in [0.15, 0.2) is 103 Å². The van der Waals surface area contributed by atoms with Crippen molar-refractivity contribution in [2.24, 2.45) is 5.73 Å². The van der Waals surface area contributed by atoms with E-state index in [1.807, 2.05) is 110 Å². The molecule has 5 rings (SSSR count). The molecule has 1 heterocycles. The molecule has 0 fully saturated rings. The van der Waals surface area contributed by atoms with Crippen LogP contribution >= 0.6 is 0 Å². The van der Waals surface area contributed by atoms with Gasteiger partial charge < -0.3 is 26.7 Å². The summed E-state index contributed by atoms with van der Waals surface area (Å²) in [5.41, 5.74) is 13.1. The Labute approximate surface area is 227 Å². The molecule has 0 aliphatic heterocycles. The summed E-state index contributed by atoms with van der Waals surface area (Å²) < 4.78 is 0. The Morgan fingerprint density at radius 1 is 0.769 bits per heavy atom. The molecule has 0 aliphatic rings. The Bertz CT molecular complexity index is 1580. The highest BCUT2D eigenvalue weighted by Gasteiger charge is 2.22. The number of urea groups is 1. The third kappa shape index (κ3) is 6.52. The summed E-state index contributed by atoms with van der Waals surface area (Å²) in [5.74, 6) is -0.306. The summed E-state index contributed by atoms with van der Waals surface area (Å²) in [6.07, 6.45) is 0.322. The van der Waals surface area contributed by atoms with Gasteiger partial charge in [-0.3, -0.25) is 4.79 Å². The molecule has 0 saturated heterocycles. The van der Waals surface area contributed by atoms with Crippen molar-refractivity contribution in [2.45, 2.75) is 25.9 Å². The molecule has 7 heteroatoms. The number of H-pyrrole nitrogens is 1. The van der Waals surface area contributed by atoms with Crippen molar-refractivity contribution >= 4 is 34.2 Å². The summed E-state index contributed by atoms with van der Waals surface area (Å²) in [5, 5.41) is 9.68. The van der Waals surface area contributed by atoms with E-state index < -0.39 is 12.1 Å². The average Bonchev–Trinajstić information content (AvgIpc) is 3.33. The van der Waals surface area contributed by atoms with E-state index in [0.29, 0.717) is 24.3 Å². The molecular formula is C32H31N5O2. The number of fused-ring (bicyclic) bond motifs is 1. The number of aromatic amines is 1. The topological polar surface area (TPSA) is 112 Å². The van der Waals surface area contributed by atoms with Crippen LogP contribution in [0.25, 0.3) is 22.0 Å². The number of amides is 3. The lowest BCUT2D eigenvalue weighted by atomic mass is 10.0. The van der Waals surface area contributed by atoms with Gasteiger partial charge in [-0.15, -0.1) is 0 Å². The highest BCUT2D eigenvalue weighted by atomic mass is 16.2. The van der Waals surface area contributed by atoms with Crippen LogP contribution in [-0.4, -0.2) is 23.0 Å². The zero-order valence-corrected chi connectivity index (χ0v) is 21.7. The smallest absolute Gasteiger partial charge is 0.319 e. The number of aryl methyl sites for hydroxylation is 1. The fourth-order valence-corrected chi connectivity index (χ4v) is 4.54. The van der Waals surface area contributed by atoms with Crippen molar-refractivity contribution in [1.82, 2.24) is 10.3 Å². The number of hydrogen-bond acceptors (Lipinski definition) is 3. The third-order valence-electron chi connectivity index (χ3n) is 6.59. The van der Waals surface area contributed by atoms with Crippen molar-refractivity contribution in [3.63, 3.8) is 0 Å². The van der Waals surface area contributed by atoms with Gasteiger partial charge in [0.05, 0.1) is 0 Å². The minimum Gasteiger partial charge on any atom is -0.359 e. The zero-order valence-electron chi connectivity index (χ0n) is 21.7. The zero-order chi connectivity index (χ0) is 27.2. The standard InChI is InChI=1S/C32H31N5O2/c1-21-17-26-19-28(15-16-29(26)34-21)35-31(38)30(18-22-7-9-23(20-33)10-8-22)37-32(39)36-27-13-11-25(12-14-27)24-5-3-2-4-6-24/h2-17,19,30,34H,18,20,33H2,1H3,(H,35,38)(H2,36,37,39). The van der Waals surface area contributed by atoms with Crippen LogP contribution in [0.1, 0.15) is 16.8 Å². The van der Waals surface area contributed by atoms with Gasteiger partial charge in [0, 0.05) is 40.9 Å². The van der Waals surface area contributed by atoms with Crippen LogP contribution in [0.2, 0.25) is 0 Å². The first kappa shape index (κ1) is 25.8. The number of rotatable bonds is 8. The molecule has 0 aliphatic carbocycles. The predicted molar refractivity (Wildman–Crippen MR) is 158 cm³/mol. The Balaban J connectivity index is 1.30.